The first-order chi connectivity index (χ1) is 10.1. The van der Waals surface area contributed by atoms with Gasteiger partial charge in [0.25, 0.3) is 0 Å². The van der Waals surface area contributed by atoms with Gasteiger partial charge in [0.1, 0.15) is 11.6 Å². The minimum absolute atomic E-state index is 0.0823. The van der Waals surface area contributed by atoms with E-state index >= 15 is 0 Å². The van der Waals surface area contributed by atoms with Crippen LogP contribution in [0.3, 0.4) is 0 Å². The summed E-state index contributed by atoms with van der Waals surface area (Å²) in [4.78, 5) is 0. The van der Waals surface area contributed by atoms with E-state index < -0.39 is 0 Å². The van der Waals surface area contributed by atoms with Gasteiger partial charge < -0.3 is 9.84 Å². The molecule has 2 aromatic rings. The molecule has 1 N–H and O–H groups in total. The second-order valence-electron chi connectivity index (χ2n) is 5.38. The summed E-state index contributed by atoms with van der Waals surface area (Å²) in [5, 5.41) is 9.59. The summed E-state index contributed by atoms with van der Waals surface area (Å²) in [7, 11) is 1.64. The van der Waals surface area contributed by atoms with Gasteiger partial charge in [-0.1, -0.05) is 18.2 Å². The molecule has 0 saturated heterocycles. The van der Waals surface area contributed by atoms with Crippen molar-refractivity contribution >= 4 is 0 Å². The van der Waals surface area contributed by atoms with Crippen LogP contribution >= 0.6 is 0 Å². The van der Waals surface area contributed by atoms with Crippen LogP contribution < -0.4 is 4.74 Å². The molecule has 112 valence electrons. The summed E-state index contributed by atoms with van der Waals surface area (Å²) in [5.74, 6) is 0.677. The Morgan fingerprint density at radius 1 is 1.10 bits per heavy atom. The molecule has 2 aromatic carbocycles. The van der Waals surface area contributed by atoms with E-state index in [4.69, 9.17) is 4.74 Å². The van der Waals surface area contributed by atoms with Crippen LogP contribution in [0.1, 0.15) is 16.7 Å². The summed E-state index contributed by atoms with van der Waals surface area (Å²) in [6, 6.07) is 12.6. The van der Waals surface area contributed by atoms with Gasteiger partial charge in [0.05, 0.1) is 7.11 Å². The number of benzene rings is 2. The molecule has 1 unspecified atom stereocenters. The highest BCUT2D eigenvalue weighted by molar-refractivity contribution is 5.29. The zero-order valence-corrected chi connectivity index (χ0v) is 12.5. The minimum atomic E-state index is -0.225. The lowest BCUT2D eigenvalue weighted by Gasteiger charge is -2.16. The average Bonchev–Trinajstić information content (AvgIpc) is 2.51. The first-order valence-corrected chi connectivity index (χ1v) is 7.11. The molecule has 0 aliphatic rings. The first kappa shape index (κ1) is 15.5. The van der Waals surface area contributed by atoms with Crippen LogP contribution in [0, 0.1) is 18.7 Å². The van der Waals surface area contributed by atoms with E-state index in [9.17, 15) is 9.50 Å². The third kappa shape index (κ3) is 4.30. The summed E-state index contributed by atoms with van der Waals surface area (Å²) < 4.78 is 18.5. The van der Waals surface area contributed by atoms with Crippen molar-refractivity contribution in [2.24, 2.45) is 5.92 Å². The topological polar surface area (TPSA) is 29.5 Å². The molecule has 1 atom stereocenters. The number of hydrogen-bond donors (Lipinski definition) is 1. The molecule has 0 saturated carbocycles. The molecule has 0 spiro atoms. The van der Waals surface area contributed by atoms with Crippen molar-refractivity contribution in [2.45, 2.75) is 19.8 Å². The summed E-state index contributed by atoms with van der Waals surface area (Å²) >= 11 is 0. The van der Waals surface area contributed by atoms with Gasteiger partial charge in [0.2, 0.25) is 0 Å². The number of hydrogen-bond acceptors (Lipinski definition) is 2. The third-order valence-electron chi connectivity index (χ3n) is 3.76. The Hall–Kier alpha value is -1.87. The fraction of sp³-hybridized carbons (Fsp3) is 0.333. The van der Waals surface area contributed by atoms with E-state index in [0.29, 0.717) is 6.42 Å². The number of rotatable bonds is 6. The smallest absolute Gasteiger partial charge is 0.123 e. The Bertz CT molecular complexity index is 578. The third-order valence-corrected chi connectivity index (χ3v) is 3.76. The largest absolute Gasteiger partial charge is 0.497 e. The maximum atomic E-state index is 13.3. The maximum absolute atomic E-state index is 13.3. The highest BCUT2D eigenvalue weighted by Gasteiger charge is 2.12. The van der Waals surface area contributed by atoms with Gasteiger partial charge in [-0.3, -0.25) is 0 Å². The van der Waals surface area contributed by atoms with Gasteiger partial charge >= 0.3 is 0 Å². The Labute approximate surface area is 125 Å². The summed E-state index contributed by atoms with van der Waals surface area (Å²) in [6.07, 6.45) is 1.43. The lowest BCUT2D eigenvalue weighted by Crippen LogP contribution is -2.13. The molecule has 0 radical (unpaired) electrons. The molecule has 3 heteroatoms. The number of aliphatic hydroxyl groups excluding tert-OH is 1. The molecule has 21 heavy (non-hydrogen) atoms. The Kier molecular flexibility index (Phi) is 5.34. The van der Waals surface area contributed by atoms with Gasteiger partial charge in [0.15, 0.2) is 0 Å². The molecule has 0 aliphatic carbocycles. The van der Waals surface area contributed by atoms with E-state index in [2.05, 4.69) is 0 Å². The molecular formula is C18H21FO2. The van der Waals surface area contributed by atoms with Gasteiger partial charge in [-0.25, -0.2) is 4.39 Å². The lowest BCUT2D eigenvalue weighted by molar-refractivity contribution is 0.224. The Morgan fingerprint density at radius 2 is 1.81 bits per heavy atom. The van der Waals surface area contributed by atoms with Crippen molar-refractivity contribution in [2.75, 3.05) is 13.7 Å². The highest BCUT2D eigenvalue weighted by Crippen LogP contribution is 2.20. The van der Waals surface area contributed by atoms with Crippen molar-refractivity contribution < 1.29 is 14.2 Å². The SMILES string of the molecule is COc1ccc(CC(CO)Cc2cc(F)ccc2C)cc1. The molecule has 2 rings (SSSR count). The van der Waals surface area contributed by atoms with Gasteiger partial charge in [0, 0.05) is 6.61 Å². The number of aryl methyl sites for hydroxylation is 1. The zero-order chi connectivity index (χ0) is 15.2. The van der Waals surface area contributed by atoms with E-state index in [0.717, 1.165) is 28.9 Å². The average molecular weight is 288 g/mol. The van der Waals surface area contributed by atoms with Crippen LogP contribution in [-0.2, 0) is 12.8 Å². The van der Waals surface area contributed by atoms with E-state index in [-0.39, 0.29) is 18.3 Å². The van der Waals surface area contributed by atoms with Crippen LogP contribution in [-0.4, -0.2) is 18.8 Å². The quantitative estimate of drug-likeness (QED) is 0.881. The number of ether oxygens (including phenoxy) is 1. The van der Waals surface area contributed by atoms with Crippen molar-refractivity contribution in [1.82, 2.24) is 0 Å². The summed E-state index contributed by atoms with van der Waals surface area (Å²) in [5.41, 5.74) is 3.16. The first-order valence-electron chi connectivity index (χ1n) is 7.11. The predicted octanol–water partition coefficient (Wildman–Crippen LogP) is 3.54. The second kappa shape index (κ2) is 7.23. The molecule has 0 amide bonds. The van der Waals surface area contributed by atoms with Crippen molar-refractivity contribution in [1.29, 1.82) is 0 Å². The Balaban J connectivity index is 2.07. The van der Waals surface area contributed by atoms with Gasteiger partial charge in [-0.05, 0) is 66.6 Å². The molecule has 2 nitrogen and oxygen atoms in total. The van der Waals surface area contributed by atoms with E-state index in [1.165, 1.54) is 6.07 Å². The van der Waals surface area contributed by atoms with Crippen LogP contribution in [0.5, 0.6) is 5.75 Å². The van der Waals surface area contributed by atoms with Crippen LogP contribution in [0.15, 0.2) is 42.5 Å². The Morgan fingerprint density at radius 3 is 2.43 bits per heavy atom. The fourth-order valence-electron chi connectivity index (χ4n) is 2.47. The minimum Gasteiger partial charge on any atom is -0.497 e. The van der Waals surface area contributed by atoms with Crippen LogP contribution in [0.25, 0.3) is 0 Å². The molecule has 0 aliphatic heterocycles. The normalized spacial score (nSPS) is 12.2. The van der Waals surface area contributed by atoms with Crippen molar-refractivity contribution in [3.63, 3.8) is 0 Å². The standard InChI is InChI=1S/C18H21FO2/c1-13-3-6-17(19)11-16(13)10-15(12-20)9-14-4-7-18(21-2)8-5-14/h3-8,11,15,20H,9-10,12H2,1-2H3. The molecule has 0 heterocycles. The molecule has 0 bridgehead atoms. The predicted molar refractivity (Wildman–Crippen MR) is 82.1 cm³/mol. The number of halogens is 1. The lowest BCUT2D eigenvalue weighted by atomic mass is 9.91. The maximum Gasteiger partial charge on any atom is 0.123 e. The second-order valence-corrected chi connectivity index (χ2v) is 5.38. The van der Waals surface area contributed by atoms with E-state index in [1.807, 2.05) is 31.2 Å². The highest BCUT2D eigenvalue weighted by atomic mass is 19.1. The van der Waals surface area contributed by atoms with E-state index in [1.54, 1.807) is 19.2 Å². The summed E-state index contributed by atoms with van der Waals surface area (Å²) in [6.45, 7) is 2.05. The monoisotopic (exact) mass is 288 g/mol. The van der Waals surface area contributed by atoms with Crippen molar-refractivity contribution in [3.05, 3.63) is 65.0 Å². The number of aliphatic hydroxyl groups is 1. The molecule has 0 aromatic heterocycles. The molecular weight excluding hydrogens is 267 g/mol. The fourth-order valence-corrected chi connectivity index (χ4v) is 2.47. The van der Waals surface area contributed by atoms with Crippen LogP contribution in [0.2, 0.25) is 0 Å². The van der Waals surface area contributed by atoms with Crippen molar-refractivity contribution in [3.8, 4) is 5.75 Å². The van der Waals surface area contributed by atoms with Gasteiger partial charge in [-0.2, -0.15) is 0 Å². The van der Waals surface area contributed by atoms with Crippen LogP contribution in [0.4, 0.5) is 4.39 Å². The van der Waals surface area contributed by atoms with Gasteiger partial charge in [-0.15, -0.1) is 0 Å². The zero-order valence-electron chi connectivity index (χ0n) is 12.5. The molecule has 0 fully saturated rings. The number of methoxy groups -OCH3 is 1.